The van der Waals surface area contributed by atoms with Crippen molar-refractivity contribution < 1.29 is 0 Å². The molecule has 0 saturated carbocycles. The average Bonchev–Trinajstić information content (AvgIpc) is 2.83. The van der Waals surface area contributed by atoms with Gasteiger partial charge in [0.2, 0.25) is 0 Å². The van der Waals surface area contributed by atoms with Crippen LogP contribution in [0.5, 0.6) is 0 Å². The van der Waals surface area contributed by atoms with E-state index in [2.05, 4.69) is 20.2 Å². The van der Waals surface area contributed by atoms with Gasteiger partial charge in [0.25, 0.3) is 0 Å². The second-order valence-electron chi connectivity index (χ2n) is 4.28. The van der Waals surface area contributed by atoms with E-state index < -0.39 is 0 Å². The lowest BCUT2D eigenvalue weighted by Gasteiger charge is -2.14. The molecule has 1 aromatic rings. The van der Waals surface area contributed by atoms with Crippen LogP contribution in [0.3, 0.4) is 0 Å². The van der Waals surface area contributed by atoms with E-state index in [1.807, 2.05) is 6.07 Å². The van der Waals surface area contributed by atoms with Crippen LogP contribution in [-0.4, -0.2) is 41.0 Å². The van der Waals surface area contributed by atoms with Gasteiger partial charge in [0, 0.05) is 12.7 Å². The normalized spacial score (nSPS) is 16.8. The summed E-state index contributed by atoms with van der Waals surface area (Å²) in [5, 5.41) is 3.41. The van der Waals surface area contributed by atoms with Gasteiger partial charge in [0.05, 0.1) is 5.69 Å². The van der Waals surface area contributed by atoms with Crippen LogP contribution in [0.1, 0.15) is 25.0 Å². The van der Waals surface area contributed by atoms with Crippen molar-refractivity contribution in [2.24, 2.45) is 0 Å². The second-order valence-corrected chi connectivity index (χ2v) is 4.28. The lowest BCUT2D eigenvalue weighted by atomic mass is 10.3. The summed E-state index contributed by atoms with van der Waals surface area (Å²) in [7, 11) is 0. The molecule has 4 nitrogen and oxygen atoms in total. The largest absolute Gasteiger partial charge is 0.311 e. The Morgan fingerprint density at radius 2 is 2.19 bits per heavy atom. The van der Waals surface area contributed by atoms with Crippen LogP contribution in [0.4, 0.5) is 0 Å². The van der Waals surface area contributed by atoms with Crippen molar-refractivity contribution in [1.29, 1.82) is 0 Å². The van der Waals surface area contributed by atoms with E-state index in [0.717, 1.165) is 18.8 Å². The standard InChI is InChI=1S/C12H20N4/c1-2-8-16(7-1)9-3-5-13-10-12-4-6-14-11-15-12/h4,6,11,13H,1-3,5,7-10H2. The van der Waals surface area contributed by atoms with E-state index in [-0.39, 0.29) is 0 Å². The van der Waals surface area contributed by atoms with Gasteiger partial charge in [-0.1, -0.05) is 0 Å². The minimum absolute atomic E-state index is 0.850. The molecule has 0 radical (unpaired) electrons. The molecule has 1 N–H and O–H groups in total. The van der Waals surface area contributed by atoms with Gasteiger partial charge >= 0.3 is 0 Å². The number of likely N-dealkylation sites (tertiary alicyclic amines) is 1. The molecule has 0 bridgehead atoms. The lowest BCUT2D eigenvalue weighted by molar-refractivity contribution is 0.331. The minimum Gasteiger partial charge on any atom is -0.311 e. The first-order valence-corrected chi connectivity index (χ1v) is 6.13. The molecule has 88 valence electrons. The van der Waals surface area contributed by atoms with E-state index in [4.69, 9.17) is 0 Å². The van der Waals surface area contributed by atoms with Gasteiger partial charge in [-0.05, 0) is 51.5 Å². The van der Waals surface area contributed by atoms with Crippen molar-refractivity contribution >= 4 is 0 Å². The maximum absolute atomic E-state index is 4.17. The van der Waals surface area contributed by atoms with Crippen LogP contribution in [0.2, 0.25) is 0 Å². The smallest absolute Gasteiger partial charge is 0.115 e. The minimum atomic E-state index is 0.850. The Kier molecular flexibility index (Phi) is 4.70. The van der Waals surface area contributed by atoms with E-state index in [1.165, 1.54) is 38.9 Å². The Labute approximate surface area is 97.1 Å². The number of hydrogen-bond acceptors (Lipinski definition) is 4. The van der Waals surface area contributed by atoms with Gasteiger partial charge in [-0.2, -0.15) is 0 Å². The summed E-state index contributed by atoms with van der Waals surface area (Å²) in [5.74, 6) is 0. The number of hydrogen-bond donors (Lipinski definition) is 1. The van der Waals surface area contributed by atoms with Crippen molar-refractivity contribution in [1.82, 2.24) is 20.2 Å². The van der Waals surface area contributed by atoms with Gasteiger partial charge in [-0.25, -0.2) is 9.97 Å². The predicted molar refractivity (Wildman–Crippen MR) is 64.0 cm³/mol. The third-order valence-electron chi connectivity index (χ3n) is 2.98. The third kappa shape index (κ3) is 3.87. The number of nitrogens with one attached hydrogen (secondary N) is 1. The SMILES string of the molecule is c1cc(CNCCCN2CCCC2)ncn1. The highest BCUT2D eigenvalue weighted by Gasteiger charge is 2.09. The first-order chi connectivity index (χ1) is 7.95. The zero-order valence-electron chi connectivity index (χ0n) is 9.73. The first kappa shape index (κ1) is 11.5. The Bertz CT molecular complexity index is 282. The molecule has 1 fully saturated rings. The van der Waals surface area contributed by atoms with Crippen LogP contribution in [0.25, 0.3) is 0 Å². The molecule has 1 aliphatic heterocycles. The number of aromatic nitrogens is 2. The highest BCUT2D eigenvalue weighted by atomic mass is 15.1. The highest BCUT2D eigenvalue weighted by molar-refractivity contribution is 4.96. The van der Waals surface area contributed by atoms with Crippen molar-refractivity contribution in [2.75, 3.05) is 26.2 Å². The second kappa shape index (κ2) is 6.55. The molecule has 0 aliphatic carbocycles. The molecular formula is C12H20N4. The zero-order chi connectivity index (χ0) is 11.1. The summed E-state index contributed by atoms with van der Waals surface area (Å²) in [6.45, 7) is 5.75. The van der Waals surface area contributed by atoms with Crippen LogP contribution >= 0.6 is 0 Å². The predicted octanol–water partition coefficient (Wildman–Crippen LogP) is 1.05. The van der Waals surface area contributed by atoms with E-state index >= 15 is 0 Å². The number of rotatable bonds is 6. The van der Waals surface area contributed by atoms with Gasteiger partial charge in [0.15, 0.2) is 0 Å². The number of nitrogens with zero attached hydrogens (tertiary/aromatic N) is 3. The molecular weight excluding hydrogens is 200 g/mol. The Morgan fingerprint density at radius 1 is 1.31 bits per heavy atom. The summed E-state index contributed by atoms with van der Waals surface area (Å²) in [4.78, 5) is 10.6. The first-order valence-electron chi connectivity index (χ1n) is 6.13. The van der Waals surface area contributed by atoms with Gasteiger partial charge in [-0.3, -0.25) is 0 Å². The third-order valence-corrected chi connectivity index (χ3v) is 2.98. The molecule has 2 rings (SSSR count). The van der Waals surface area contributed by atoms with Crippen LogP contribution in [-0.2, 0) is 6.54 Å². The van der Waals surface area contributed by atoms with E-state index in [1.54, 1.807) is 12.5 Å². The molecule has 1 aromatic heterocycles. The van der Waals surface area contributed by atoms with Crippen LogP contribution in [0, 0.1) is 0 Å². The molecule has 1 saturated heterocycles. The summed E-state index contributed by atoms with van der Waals surface area (Å²) in [5.41, 5.74) is 1.07. The monoisotopic (exact) mass is 220 g/mol. The fraction of sp³-hybridized carbons (Fsp3) is 0.667. The highest BCUT2D eigenvalue weighted by Crippen LogP contribution is 2.06. The molecule has 0 aromatic carbocycles. The van der Waals surface area contributed by atoms with Crippen molar-refractivity contribution in [3.05, 3.63) is 24.3 Å². The molecule has 4 heteroatoms. The van der Waals surface area contributed by atoms with Crippen molar-refractivity contribution in [3.63, 3.8) is 0 Å². The van der Waals surface area contributed by atoms with Crippen LogP contribution in [0.15, 0.2) is 18.6 Å². The van der Waals surface area contributed by atoms with E-state index in [9.17, 15) is 0 Å². The Balaban J connectivity index is 1.52. The van der Waals surface area contributed by atoms with Crippen LogP contribution < -0.4 is 5.32 Å². The van der Waals surface area contributed by atoms with E-state index in [0.29, 0.717) is 0 Å². The molecule has 0 spiro atoms. The van der Waals surface area contributed by atoms with Gasteiger partial charge in [-0.15, -0.1) is 0 Å². The molecule has 0 unspecified atom stereocenters. The molecule has 0 atom stereocenters. The summed E-state index contributed by atoms with van der Waals surface area (Å²) in [6, 6.07) is 1.95. The molecule has 16 heavy (non-hydrogen) atoms. The van der Waals surface area contributed by atoms with Gasteiger partial charge < -0.3 is 10.2 Å². The van der Waals surface area contributed by atoms with Gasteiger partial charge in [0.1, 0.15) is 6.33 Å². The molecule has 2 heterocycles. The topological polar surface area (TPSA) is 41.0 Å². The Hall–Kier alpha value is -1.00. The Morgan fingerprint density at radius 3 is 2.94 bits per heavy atom. The molecule has 1 aliphatic rings. The van der Waals surface area contributed by atoms with Crippen molar-refractivity contribution in [3.8, 4) is 0 Å². The fourth-order valence-electron chi connectivity index (χ4n) is 2.07. The average molecular weight is 220 g/mol. The molecule has 0 amide bonds. The summed E-state index contributed by atoms with van der Waals surface area (Å²) in [6.07, 6.45) is 7.38. The summed E-state index contributed by atoms with van der Waals surface area (Å²) < 4.78 is 0. The quantitative estimate of drug-likeness (QED) is 0.728. The maximum atomic E-state index is 4.17. The maximum Gasteiger partial charge on any atom is 0.115 e. The fourth-order valence-corrected chi connectivity index (χ4v) is 2.07. The lowest BCUT2D eigenvalue weighted by Crippen LogP contribution is -2.24. The zero-order valence-corrected chi connectivity index (χ0v) is 9.73. The van der Waals surface area contributed by atoms with Crippen molar-refractivity contribution in [2.45, 2.75) is 25.8 Å². The summed E-state index contributed by atoms with van der Waals surface area (Å²) >= 11 is 0.